The Morgan fingerprint density at radius 1 is 0.780 bits per heavy atom. The van der Waals surface area contributed by atoms with Crippen molar-refractivity contribution in [2.24, 2.45) is 0 Å². The van der Waals surface area contributed by atoms with Gasteiger partial charge in [0.25, 0.3) is 0 Å². The molecule has 2 heterocycles. The first kappa shape index (κ1) is 27.0. The molecule has 6 aromatic rings. The zero-order valence-electron chi connectivity index (χ0n) is 24.2. The van der Waals surface area contributed by atoms with E-state index in [4.69, 9.17) is 19.1 Å². The molecule has 2 aromatic heterocycles. The number of carbonyl (C=O) groups is 1. The lowest BCUT2D eigenvalue weighted by Gasteiger charge is -2.24. The monoisotopic (exact) mass is 547 g/mol. The number of fused-ring (bicyclic) bond motifs is 9. The summed E-state index contributed by atoms with van der Waals surface area (Å²) in [4.78, 5) is 25.2. The molecule has 0 atom stereocenters. The Labute approximate surface area is 240 Å². The summed E-state index contributed by atoms with van der Waals surface area (Å²) in [6, 6.07) is 20.3. The van der Waals surface area contributed by atoms with Crippen LogP contribution < -0.4 is 4.90 Å². The summed E-state index contributed by atoms with van der Waals surface area (Å²) in [5.41, 5.74) is 6.16. The van der Waals surface area contributed by atoms with Gasteiger partial charge in [-0.25, -0.2) is 14.8 Å². The minimum absolute atomic E-state index is 0.331. The molecule has 0 aliphatic rings. The maximum Gasteiger partial charge on any atom is 0.338 e. The predicted molar refractivity (Wildman–Crippen MR) is 169 cm³/mol. The summed E-state index contributed by atoms with van der Waals surface area (Å²) in [5, 5.41) is 4.24. The number of furan rings is 1. The second-order valence-electron chi connectivity index (χ2n) is 10.8. The Hall–Kier alpha value is -4.19. The van der Waals surface area contributed by atoms with Crippen LogP contribution in [0.1, 0.15) is 69.7 Å². The van der Waals surface area contributed by atoms with E-state index in [2.05, 4.69) is 62.1 Å². The van der Waals surface area contributed by atoms with E-state index in [9.17, 15) is 4.79 Å². The number of aromatic nitrogens is 2. The lowest BCUT2D eigenvalue weighted by molar-refractivity contribution is 0.0500. The highest BCUT2D eigenvalue weighted by atomic mass is 16.5. The molecule has 0 bridgehead atoms. The molecule has 0 fully saturated rings. The fourth-order valence-corrected chi connectivity index (χ4v) is 5.61. The number of hydrogen-bond donors (Lipinski definition) is 0. The Bertz CT molecular complexity index is 1870. The number of carbonyl (C=O) groups excluding carboxylic acids is 1. The number of benzene rings is 4. The van der Waals surface area contributed by atoms with Crippen LogP contribution in [0.25, 0.3) is 54.8 Å². The molecule has 0 saturated carbocycles. The molecule has 4 aromatic carbocycles. The van der Waals surface area contributed by atoms with Crippen LogP contribution in [0.4, 0.5) is 5.69 Å². The van der Waals surface area contributed by atoms with Gasteiger partial charge in [0, 0.05) is 41.0 Å². The van der Waals surface area contributed by atoms with Crippen LogP contribution in [0.15, 0.2) is 65.1 Å². The number of rotatable bonds is 11. The molecule has 6 nitrogen and oxygen atoms in total. The summed E-state index contributed by atoms with van der Waals surface area (Å²) < 4.78 is 12.1. The SMILES string of the molecule is CCCCOC(=O)c1ccc2nc3c(nc2c1)c1ccccc1c1c2ccc(N(CCCC)CCCC)cc2oc31. The van der Waals surface area contributed by atoms with Gasteiger partial charge in [0.15, 0.2) is 5.58 Å². The fourth-order valence-electron chi connectivity index (χ4n) is 5.61. The average molecular weight is 548 g/mol. The number of unbranched alkanes of at least 4 members (excludes halogenated alkanes) is 3. The molecule has 6 heteroatoms. The molecule has 0 spiro atoms. The van der Waals surface area contributed by atoms with E-state index < -0.39 is 0 Å². The quantitative estimate of drug-likeness (QED) is 0.0697. The molecule has 0 saturated heterocycles. The number of ether oxygens (including phenoxy) is 1. The number of anilines is 1. The number of hydrogen-bond acceptors (Lipinski definition) is 6. The Morgan fingerprint density at radius 2 is 1.51 bits per heavy atom. The zero-order chi connectivity index (χ0) is 28.3. The minimum Gasteiger partial charge on any atom is -0.462 e. The van der Waals surface area contributed by atoms with Gasteiger partial charge in [0.05, 0.1) is 23.2 Å². The van der Waals surface area contributed by atoms with Gasteiger partial charge in [-0.2, -0.15) is 0 Å². The van der Waals surface area contributed by atoms with Gasteiger partial charge >= 0.3 is 5.97 Å². The third-order valence-electron chi connectivity index (χ3n) is 7.90. The van der Waals surface area contributed by atoms with Crippen molar-refractivity contribution in [2.75, 3.05) is 24.6 Å². The second-order valence-corrected chi connectivity index (χ2v) is 10.8. The van der Waals surface area contributed by atoms with Crippen molar-refractivity contribution in [3.8, 4) is 0 Å². The van der Waals surface area contributed by atoms with Crippen LogP contribution in [0.5, 0.6) is 0 Å². The van der Waals surface area contributed by atoms with Gasteiger partial charge in [0.1, 0.15) is 16.6 Å². The van der Waals surface area contributed by atoms with Crippen molar-refractivity contribution in [1.29, 1.82) is 0 Å². The predicted octanol–water partition coefficient (Wildman–Crippen LogP) is 9.20. The minimum atomic E-state index is -0.331. The molecule has 41 heavy (non-hydrogen) atoms. The molecule has 0 aliphatic heterocycles. The summed E-state index contributed by atoms with van der Waals surface area (Å²) in [7, 11) is 0. The lowest BCUT2D eigenvalue weighted by Crippen LogP contribution is -2.25. The van der Waals surface area contributed by atoms with Gasteiger partial charge in [-0.3, -0.25) is 0 Å². The maximum atomic E-state index is 12.6. The molecule has 210 valence electrons. The average Bonchev–Trinajstić information content (AvgIpc) is 3.39. The highest BCUT2D eigenvalue weighted by molar-refractivity contribution is 6.29. The van der Waals surface area contributed by atoms with E-state index in [0.29, 0.717) is 23.2 Å². The van der Waals surface area contributed by atoms with E-state index in [1.54, 1.807) is 12.1 Å². The Kier molecular flexibility index (Phi) is 7.73. The molecule has 0 N–H and O–H groups in total. The van der Waals surface area contributed by atoms with Crippen LogP contribution in [0.3, 0.4) is 0 Å². The molecule has 6 rings (SSSR count). The van der Waals surface area contributed by atoms with Gasteiger partial charge in [-0.15, -0.1) is 0 Å². The molecule has 0 amide bonds. The molecular weight excluding hydrogens is 510 g/mol. The maximum absolute atomic E-state index is 12.6. The van der Waals surface area contributed by atoms with Crippen molar-refractivity contribution in [2.45, 2.75) is 59.3 Å². The first-order valence-corrected chi connectivity index (χ1v) is 15.0. The van der Waals surface area contributed by atoms with Crippen molar-refractivity contribution in [1.82, 2.24) is 9.97 Å². The molecular formula is C35H37N3O3. The Morgan fingerprint density at radius 3 is 2.27 bits per heavy atom. The standard InChI is InChI=1S/C35H37N3O3/c1-4-7-18-38(19-8-5-2)24-15-16-27-30(22-24)41-34-31(27)25-12-10-11-13-26(25)32-33(34)36-28-17-14-23(21-29(28)37-32)35(39)40-20-9-6-3/h10-17,21-22H,4-9,18-20H2,1-3H3. The van der Waals surface area contributed by atoms with Crippen LogP contribution >= 0.6 is 0 Å². The van der Waals surface area contributed by atoms with Crippen molar-refractivity contribution >= 4 is 66.4 Å². The van der Waals surface area contributed by atoms with Crippen LogP contribution in [0, 0.1) is 0 Å². The van der Waals surface area contributed by atoms with E-state index in [1.807, 2.05) is 12.1 Å². The largest absolute Gasteiger partial charge is 0.462 e. The summed E-state index contributed by atoms with van der Waals surface area (Å²) in [6.45, 7) is 9.05. The van der Waals surface area contributed by atoms with Crippen molar-refractivity contribution in [3.63, 3.8) is 0 Å². The second kappa shape index (κ2) is 11.7. The molecule has 0 unspecified atom stereocenters. The van der Waals surface area contributed by atoms with Crippen LogP contribution in [-0.4, -0.2) is 35.6 Å². The topological polar surface area (TPSA) is 68.5 Å². The summed E-state index contributed by atoms with van der Waals surface area (Å²) in [6.07, 6.45) is 6.49. The van der Waals surface area contributed by atoms with E-state index >= 15 is 0 Å². The van der Waals surface area contributed by atoms with Crippen molar-refractivity contribution in [3.05, 3.63) is 66.2 Å². The zero-order valence-corrected chi connectivity index (χ0v) is 24.2. The van der Waals surface area contributed by atoms with Gasteiger partial charge in [0.2, 0.25) is 0 Å². The normalized spacial score (nSPS) is 11.8. The summed E-state index contributed by atoms with van der Waals surface area (Å²) in [5.74, 6) is -0.331. The number of nitrogens with zero attached hydrogens (tertiary/aromatic N) is 3. The van der Waals surface area contributed by atoms with E-state index in [-0.39, 0.29) is 5.97 Å². The van der Waals surface area contributed by atoms with Crippen LogP contribution in [-0.2, 0) is 4.74 Å². The number of esters is 1. The van der Waals surface area contributed by atoms with Crippen molar-refractivity contribution < 1.29 is 13.9 Å². The van der Waals surface area contributed by atoms with Gasteiger partial charge in [-0.05, 0) is 55.0 Å². The first-order chi connectivity index (χ1) is 20.1. The van der Waals surface area contributed by atoms with Gasteiger partial charge in [-0.1, -0.05) is 64.3 Å². The van der Waals surface area contributed by atoms with Gasteiger partial charge < -0.3 is 14.1 Å². The van der Waals surface area contributed by atoms with Crippen LogP contribution in [0.2, 0.25) is 0 Å². The Balaban J connectivity index is 1.53. The third-order valence-corrected chi connectivity index (χ3v) is 7.90. The molecule has 0 radical (unpaired) electrons. The lowest BCUT2D eigenvalue weighted by atomic mass is 10.0. The highest BCUT2D eigenvalue weighted by Gasteiger charge is 2.20. The highest BCUT2D eigenvalue weighted by Crippen LogP contribution is 2.41. The van der Waals surface area contributed by atoms with E-state index in [0.717, 1.165) is 82.5 Å². The first-order valence-electron chi connectivity index (χ1n) is 15.0. The third kappa shape index (κ3) is 5.08. The molecule has 0 aliphatic carbocycles. The summed E-state index contributed by atoms with van der Waals surface area (Å²) >= 11 is 0. The smallest absolute Gasteiger partial charge is 0.338 e. The van der Waals surface area contributed by atoms with E-state index in [1.165, 1.54) is 18.5 Å². The fraction of sp³-hybridized carbons (Fsp3) is 0.343.